The van der Waals surface area contributed by atoms with E-state index in [1.54, 1.807) is 6.08 Å². The highest BCUT2D eigenvalue weighted by Crippen LogP contribution is 2.17. The average molecular weight is 909 g/mol. The molecule has 2 unspecified atom stereocenters. The van der Waals surface area contributed by atoms with Gasteiger partial charge in [0.25, 0.3) is 0 Å². The Kier molecular flexibility index (Phi) is 54.8. The molecule has 0 aliphatic carbocycles. The molecular formula is C61H113NO3. The maximum Gasteiger partial charge on any atom is 0.220 e. The van der Waals surface area contributed by atoms with E-state index in [-0.39, 0.29) is 12.5 Å². The number of carbonyl (C=O) groups excluding carboxylic acids is 1. The Morgan fingerprint density at radius 1 is 0.369 bits per heavy atom. The van der Waals surface area contributed by atoms with E-state index in [0.29, 0.717) is 6.42 Å². The molecule has 0 aromatic heterocycles. The zero-order valence-corrected chi connectivity index (χ0v) is 43.8. The highest BCUT2D eigenvalue weighted by Gasteiger charge is 2.18. The number of rotatable bonds is 53. The lowest BCUT2D eigenvalue weighted by Crippen LogP contribution is -2.45. The summed E-state index contributed by atoms with van der Waals surface area (Å²) in [6.45, 7) is 4.27. The van der Waals surface area contributed by atoms with Crippen LogP contribution in [0.4, 0.5) is 0 Å². The normalized spacial score (nSPS) is 13.2. The lowest BCUT2D eigenvalue weighted by Gasteiger charge is -2.19. The summed E-state index contributed by atoms with van der Waals surface area (Å²) in [5, 5.41) is 23.0. The van der Waals surface area contributed by atoms with E-state index >= 15 is 0 Å². The average Bonchev–Trinajstić information content (AvgIpc) is 3.31. The fourth-order valence-electron chi connectivity index (χ4n) is 8.77. The number of hydrogen-bond donors (Lipinski definition) is 3. The summed E-state index contributed by atoms with van der Waals surface area (Å²) in [4.78, 5) is 12.4. The van der Waals surface area contributed by atoms with Crippen molar-refractivity contribution >= 4 is 5.91 Å². The van der Waals surface area contributed by atoms with E-state index in [9.17, 15) is 15.0 Å². The van der Waals surface area contributed by atoms with Crippen molar-refractivity contribution in [1.29, 1.82) is 0 Å². The van der Waals surface area contributed by atoms with Crippen molar-refractivity contribution in [3.8, 4) is 0 Å². The Balaban J connectivity index is 3.41. The first kappa shape index (κ1) is 63.1. The van der Waals surface area contributed by atoms with Crippen molar-refractivity contribution in [2.24, 2.45) is 0 Å². The Hall–Kier alpha value is -1.91. The van der Waals surface area contributed by atoms with Crippen molar-refractivity contribution in [1.82, 2.24) is 5.32 Å². The number of aliphatic hydroxyl groups is 2. The third-order valence-corrected chi connectivity index (χ3v) is 13.2. The molecule has 0 fully saturated rings. The molecule has 0 aliphatic rings. The summed E-state index contributed by atoms with van der Waals surface area (Å²) in [5.41, 5.74) is 0. The molecule has 0 bridgehead atoms. The van der Waals surface area contributed by atoms with E-state index in [0.717, 1.165) is 44.9 Å². The summed E-state index contributed by atoms with van der Waals surface area (Å²) in [6.07, 6.45) is 79.8. The number of nitrogens with one attached hydrogen (secondary N) is 1. The van der Waals surface area contributed by atoms with E-state index < -0.39 is 12.1 Å². The Bertz CT molecular complexity index is 1070. The molecule has 380 valence electrons. The Labute approximate surface area is 406 Å². The van der Waals surface area contributed by atoms with Crippen LogP contribution in [0, 0.1) is 0 Å². The molecule has 0 heterocycles. The van der Waals surface area contributed by atoms with Crippen LogP contribution in [-0.4, -0.2) is 34.9 Å². The number of aliphatic hydroxyl groups excluding tert-OH is 2. The maximum absolute atomic E-state index is 12.4. The standard InChI is InChI=1S/C61H113NO3/c1-3-5-7-9-11-13-15-17-19-20-21-22-23-24-25-26-27-28-29-30-31-32-33-34-35-36-37-38-39-40-41-42-43-45-47-49-51-53-55-57-61(65)62-59(58-63)60(64)56-54-52-50-48-46-44-18-16-14-12-10-8-6-4-2/h14-17,20-21,46,48,54,56,59-60,63-64H,3-13,18-19,22-45,47,49-53,55,57-58H2,1-2H3,(H,62,65)/b16-14+,17-15-,21-20-,48-46+,56-54+. The summed E-state index contributed by atoms with van der Waals surface area (Å²) >= 11 is 0. The van der Waals surface area contributed by atoms with E-state index in [4.69, 9.17) is 0 Å². The largest absolute Gasteiger partial charge is 0.394 e. The van der Waals surface area contributed by atoms with Gasteiger partial charge >= 0.3 is 0 Å². The summed E-state index contributed by atoms with van der Waals surface area (Å²) in [5.74, 6) is -0.0750. The predicted molar refractivity (Wildman–Crippen MR) is 290 cm³/mol. The fraction of sp³-hybridized carbons (Fsp3) is 0.820. The summed E-state index contributed by atoms with van der Waals surface area (Å²) < 4.78 is 0. The molecule has 0 rings (SSSR count). The van der Waals surface area contributed by atoms with Crippen LogP contribution in [-0.2, 0) is 4.79 Å². The highest BCUT2D eigenvalue weighted by molar-refractivity contribution is 5.76. The van der Waals surface area contributed by atoms with Gasteiger partial charge in [0.1, 0.15) is 0 Å². The molecule has 3 N–H and O–H groups in total. The molecular weight excluding hydrogens is 795 g/mol. The molecule has 0 aliphatic heterocycles. The van der Waals surface area contributed by atoms with Crippen LogP contribution in [0.15, 0.2) is 60.8 Å². The van der Waals surface area contributed by atoms with Crippen LogP contribution in [0.1, 0.15) is 303 Å². The third kappa shape index (κ3) is 52.9. The third-order valence-electron chi connectivity index (χ3n) is 13.2. The lowest BCUT2D eigenvalue weighted by atomic mass is 10.0. The van der Waals surface area contributed by atoms with Crippen LogP contribution < -0.4 is 5.32 Å². The van der Waals surface area contributed by atoms with E-state index in [2.05, 4.69) is 67.8 Å². The van der Waals surface area contributed by atoms with Gasteiger partial charge in [0.2, 0.25) is 5.91 Å². The van der Waals surface area contributed by atoms with Crippen molar-refractivity contribution in [3.05, 3.63) is 60.8 Å². The minimum absolute atomic E-state index is 0.0750. The topological polar surface area (TPSA) is 69.6 Å². The van der Waals surface area contributed by atoms with Gasteiger partial charge in [0.15, 0.2) is 0 Å². The highest BCUT2D eigenvalue weighted by atomic mass is 16.3. The lowest BCUT2D eigenvalue weighted by molar-refractivity contribution is -0.123. The van der Waals surface area contributed by atoms with E-state index in [1.165, 1.54) is 238 Å². The molecule has 0 aromatic rings. The Morgan fingerprint density at radius 2 is 0.646 bits per heavy atom. The molecule has 0 aromatic carbocycles. The number of unbranched alkanes of at least 4 members (excludes halogenated alkanes) is 38. The van der Waals surface area contributed by atoms with Crippen molar-refractivity contribution in [3.63, 3.8) is 0 Å². The fourth-order valence-corrected chi connectivity index (χ4v) is 8.77. The second-order valence-corrected chi connectivity index (χ2v) is 19.7. The van der Waals surface area contributed by atoms with Crippen LogP contribution in [0.25, 0.3) is 0 Å². The van der Waals surface area contributed by atoms with Crippen LogP contribution in [0.5, 0.6) is 0 Å². The van der Waals surface area contributed by atoms with Gasteiger partial charge in [-0.1, -0.05) is 280 Å². The Morgan fingerprint density at radius 3 is 1.00 bits per heavy atom. The first-order valence-corrected chi connectivity index (χ1v) is 29.0. The van der Waals surface area contributed by atoms with Crippen LogP contribution in [0.2, 0.25) is 0 Å². The van der Waals surface area contributed by atoms with Gasteiger partial charge in [0, 0.05) is 6.42 Å². The van der Waals surface area contributed by atoms with Crippen LogP contribution >= 0.6 is 0 Å². The molecule has 0 saturated carbocycles. The zero-order chi connectivity index (χ0) is 47.0. The first-order valence-electron chi connectivity index (χ1n) is 29.0. The summed E-state index contributed by atoms with van der Waals surface area (Å²) in [6, 6.07) is -0.644. The zero-order valence-electron chi connectivity index (χ0n) is 43.8. The molecule has 0 radical (unpaired) electrons. The van der Waals surface area contributed by atoms with Gasteiger partial charge in [0.05, 0.1) is 18.8 Å². The van der Waals surface area contributed by atoms with Gasteiger partial charge in [-0.05, 0) is 77.0 Å². The molecule has 0 spiro atoms. The SMILES string of the molecule is CCCCCC/C=C/CC/C=C/CC/C=C/C(O)C(CO)NC(=O)CCCCCCCCCCCCCCCCCCCCCCCCCCCCC/C=C\C/C=C\CCCCCCC. The second kappa shape index (κ2) is 56.4. The van der Waals surface area contributed by atoms with E-state index in [1.807, 2.05) is 6.08 Å². The predicted octanol–water partition coefficient (Wildman–Crippen LogP) is 19.2. The number of allylic oxidation sites excluding steroid dienone is 9. The number of hydrogen-bond acceptors (Lipinski definition) is 3. The van der Waals surface area contributed by atoms with Crippen molar-refractivity contribution in [2.45, 2.75) is 315 Å². The van der Waals surface area contributed by atoms with Crippen molar-refractivity contribution in [2.75, 3.05) is 6.61 Å². The maximum atomic E-state index is 12.4. The van der Waals surface area contributed by atoms with Gasteiger partial charge < -0.3 is 15.5 Å². The molecule has 2 atom stereocenters. The first-order chi connectivity index (χ1) is 32.2. The quantitative estimate of drug-likeness (QED) is 0.0421. The monoisotopic (exact) mass is 908 g/mol. The molecule has 1 amide bonds. The molecule has 65 heavy (non-hydrogen) atoms. The van der Waals surface area contributed by atoms with Gasteiger partial charge in [-0.15, -0.1) is 0 Å². The number of amides is 1. The summed E-state index contributed by atoms with van der Waals surface area (Å²) in [7, 11) is 0. The molecule has 0 saturated heterocycles. The number of carbonyl (C=O) groups is 1. The van der Waals surface area contributed by atoms with Crippen LogP contribution in [0.3, 0.4) is 0 Å². The molecule has 4 heteroatoms. The van der Waals surface area contributed by atoms with Gasteiger partial charge in [-0.3, -0.25) is 4.79 Å². The second-order valence-electron chi connectivity index (χ2n) is 19.7. The van der Waals surface area contributed by atoms with Crippen molar-refractivity contribution < 1.29 is 15.0 Å². The van der Waals surface area contributed by atoms with Gasteiger partial charge in [-0.25, -0.2) is 0 Å². The minimum atomic E-state index is -0.869. The smallest absolute Gasteiger partial charge is 0.220 e. The minimum Gasteiger partial charge on any atom is -0.394 e. The molecule has 4 nitrogen and oxygen atoms in total. The van der Waals surface area contributed by atoms with Gasteiger partial charge in [-0.2, -0.15) is 0 Å².